The number of anilines is 1. The number of halogens is 2. The van der Waals surface area contributed by atoms with Crippen LogP contribution in [-0.4, -0.2) is 56.3 Å². The molecule has 0 saturated carbocycles. The Kier molecular flexibility index (Phi) is 7.95. The van der Waals surface area contributed by atoms with Crippen LogP contribution in [0.3, 0.4) is 0 Å². The number of alkyl halides is 1. The van der Waals surface area contributed by atoms with Crippen LogP contribution >= 0.6 is 23.2 Å². The lowest BCUT2D eigenvalue weighted by Gasteiger charge is -2.39. The van der Waals surface area contributed by atoms with E-state index in [1.165, 1.54) is 0 Å². The van der Waals surface area contributed by atoms with Gasteiger partial charge in [-0.3, -0.25) is 4.98 Å². The van der Waals surface area contributed by atoms with Crippen LogP contribution in [-0.2, 0) is 15.4 Å². The van der Waals surface area contributed by atoms with E-state index < -0.39 is 15.4 Å². The number of aromatic nitrogens is 2. The molecule has 1 aliphatic heterocycles. The fraction of sp³-hybridized carbons (Fsp3) is 0.346. The van der Waals surface area contributed by atoms with E-state index in [1.54, 1.807) is 18.5 Å². The first-order chi connectivity index (χ1) is 17.5. The number of benzene rings is 2. The van der Waals surface area contributed by atoms with Crippen molar-refractivity contribution in [2.75, 3.05) is 36.7 Å². The molecule has 0 spiro atoms. The van der Waals surface area contributed by atoms with Crippen LogP contribution in [0.15, 0.2) is 48.8 Å². The van der Waals surface area contributed by atoms with Gasteiger partial charge >= 0.3 is 0 Å². The SMILES string of the molecule is CC(C)(c1ccc(-c2cnc(N3CC(NS(C)(=O)=O)C3)cn2)cc1)c1cc(Cl)c(OCCCl)c(C#N)c1. The molecule has 1 aliphatic rings. The van der Waals surface area contributed by atoms with Gasteiger partial charge in [0.15, 0.2) is 5.75 Å². The molecular formula is C26H27Cl2N5O3S. The van der Waals surface area contributed by atoms with Crippen LogP contribution in [0, 0.1) is 11.3 Å². The molecule has 1 aromatic heterocycles. The van der Waals surface area contributed by atoms with Crippen molar-refractivity contribution in [3.63, 3.8) is 0 Å². The summed E-state index contributed by atoms with van der Waals surface area (Å²) in [4.78, 5) is 11.0. The normalized spacial score (nSPS) is 14.2. The second-order valence-corrected chi connectivity index (χ2v) is 12.0. The molecule has 0 unspecified atom stereocenters. The molecule has 0 amide bonds. The predicted octanol–water partition coefficient (Wildman–Crippen LogP) is 4.35. The number of hydrogen-bond donors (Lipinski definition) is 1. The molecule has 1 fully saturated rings. The maximum absolute atomic E-state index is 11.4. The van der Waals surface area contributed by atoms with Crippen LogP contribution < -0.4 is 14.4 Å². The van der Waals surface area contributed by atoms with Gasteiger partial charge in [-0.2, -0.15) is 5.26 Å². The lowest BCUT2D eigenvalue weighted by Crippen LogP contribution is -2.59. The Morgan fingerprint density at radius 2 is 1.86 bits per heavy atom. The zero-order valence-corrected chi connectivity index (χ0v) is 23.0. The van der Waals surface area contributed by atoms with E-state index in [0.29, 0.717) is 41.1 Å². The van der Waals surface area contributed by atoms with E-state index in [1.807, 2.05) is 35.2 Å². The highest BCUT2D eigenvalue weighted by Crippen LogP contribution is 2.38. The Labute approximate surface area is 227 Å². The van der Waals surface area contributed by atoms with Gasteiger partial charge in [0.2, 0.25) is 10.0 Å². The molecule has 0 bridgehead atoms. The highest BCUT2D eigenvalue weighted by molar-refractivity contribution is 7.88. The van der Waals surface area contributed by atoms with Crippen molar-refractivity contribution < 1.29 is 13.2 Å². The number of nitrogens with zero attached hydrogens (tertiary/aromatic N) is 4. The van der Waals surface area contributed by atoms with Crippen molar-refractivity contribution in [1.29, 1.82) is 5.26 Å². The molecule has 4 rings (SSSR count). The zero-order chi connectivity index (χ0) is 26.8. The average molecular weight is 561 g/mol. The van der Waals surface area contributed by atoms with Crippen molar-refractivity contribution in [2.24, 2.45) is 0 Å². The molecule has 0 aliphatic carbocycles. The minimum absolute atomic E-state index is 0.110. The van der Waals surface area contributed by atoms with Gasteiger partial charge in [-0.25, -0.2) is 18.1 Å². The van der Waals surface area contributed by atoms with Gasteiger partial charge in [-0.15, -0.1) is 11.6 Å². The average Bonchev–Trinajstić information content (AvgIpc) is 2.84. The van der Waals surface area contributed by atoms with E-state index in [4.69, 9.17) is 27.9 Å². The smallest absolute Gasteiger partial charge is 0.209 e. The monoisotopic (exact) mass is 559 g/mol. The fourth-order valence-electron chi connectivity index (χ4n) is 4.23. The third kappa shape index (κ3) is 6.16. The topological polar surface area (TPSA) is 108 Å². The minimum Gasteiger partial charge on any atom is -0.489 e. The third-order valence-corrected chi connectivity index (χ3v) is 7.53. The number of nitriles is 1. The van der Waals surface area contributed by atoms with Crippen LogP contribution in [0.4, 0.5) is 5.82 Å². The molecule has 2 heterocycles. The van der Waals surface area contributed by atoms with E-state index in [2.05, 4.69) is 34.6 Å². The molecule has 8 nitrogen and oxygen atoms in total. The molecule has 37 heavy (non-hydrogen) atoms. The molecule has 11 heteroatoms. The molecule has 194 valence electrons. The van der Waals surface area contributed by atoms with Crippen molar-refractivity contribution >= 4 is 39.0 Å². The fourth-order valence-corrected chi connectivity index (χ4v) is 5.33. The van der Waals surface area contributed by atoms with Crippen molar-refractivity contribution in [3.05, 3.63) is 70.5 Å². The summed E-state index contributed by atoms with van der Waals surface area (Å²) in [7, 11) is -3.22. The Bertz CT molecular complexity index is 1420. The predicted molar refractivity (Wildman–Crippen MR) is 146 cm³/mol. The second kappa shape index (κ2) is 10.8. The Morgan fingerprint density at radius 3 is 2.43 bits per heavy atom. The van der Waals surface area contributed by atoms with Crippen molar-refractivity contribution in [2.45, 2.75) is 25.3 Å². The molecule has 2 aromatic carbocycles. The Balaban J connectivity index is 1.49. The van der Waals surface area contributed by atoms with Gasteiger partial charge in [-0.05, 0) is 23.3 Å². The zero-order valence-electron chi connectivity index (χ0n) is 20.7. The first-order valence-electron chi connectivity index (χ1n) is 11.6. The van der Waals surface area contributed by atoms with Crippen LogP contribution in [0.2, 0.25) is 5.02 Å². The highest BCUT2D eigenvalue weighted by atomic mass is 35.5. The summed E-state index contributed by atoms with van der Waals surface area (Å²) in [5.41, 5.74) is 3.52. The quantitative estimate of drug-likeness (QED) is 0.388. The number of ether oxygens (including phenoxy) is 1. The number of nitrogens with one attached hydrogen (secondary N) is 1. The molecule has 0 radical (unpaired) electrons. The van der Waals surface area contributed by atoms with Gasteiger partial charge in [0.05, 0.1) is 46.9 Å². The maximum atomic E-state index is 11.4. The molecular weight excluding hydrogens is 533 g/mol. The van der Waals surface area contributed by atoms with E-state index in [-0.39, 0.29) is 12.6 Å². The standard InChI is InChI=1S/C26H27Cl2N5O3S/c1-26(2,20-10-18(12-29)25(22(28)11-20)36-9-8-27)19-6-4-17(5-7-19)23-13-31-24(14-30-23)33-15-21(16-33)32-37(3,34)35/h4-7,10-11,13-14,21,32H,8-9,15-16H2,1-3H3. The molecule has 1 N–H and O–H groups in total. The second-order valence-electron chi connectivity index (χ2n) is 9.44. The van der Waals surface area contributed by atoms with Gasteiger partial charge in [0.1, 0.15) is 18.5 Å². The van der Waals surface area contributed by atoms with Crippen LogP contribution in [0.5, 0.6) is 5.75 Å². The molecule has 3 aromatic rings. The van der Waals surface area contributed by atoms with Crippen molar-refractivity contribution in [1.82, 2.24) is 14.7 Å². The Morgan fingerprint density at radius 1 is 1.16 bits per heavy atom. The third-order valence-electron chi connectivity index (χ3n) is 6.34. The summed E-state index contributed by atoms with van der Waals surface area (Å²) in [6.07, 6.45) is 4.57. The van der Waals surface area contributed by atoms with Crippen LogP contribution in [0.1, 0.15) is 30.5 Å². The Hall–Kier alpha value is -2.90. The summed E-state index contributed by atoms with van der Waals surface area (Å²) in [5, 5.41) is 10.0. The van der Waals surface area contributed by atoms with Crippen molar-refractivity contribution in [3.8, 4) is 23.1 Å². The van der Waals surface area contributed by atoms with Crippen LogP contribution in [0.25, 0.3) is 11.3 Å². The molecule has 1 saturated heterocycles. The largest absolute Gasteiger partial charge is 0.489 e. The lowest BCUT2D eigenvalue weighted by molar-refractivity contribution is 0.341. The van der Waals surface area contributed by atoms with E-state index in [9.17, 15) is 13.7 Å². The van der Waals surface area contributed by atoms with Gasteiger partial charge < -0.3 is 9.64 Å². The van der Waals surface area contributed by atoms with E-state index in [0.717, 1.165) is 28.6 Å². The number of rotatable bonds is 9. The van der Waals surface area contributed by atoms with E-state index >= 15 is 0 Å². The maximum Gasteiger partial charge on any atom is 0.209 e. The lowest BCUT2D eigenvalue weighted by atomic mass is 9.77. The highest BCUT2D eigenvalue weighted by Gasteiger charge is 2.30. The first kappa shape index (κ1) is 27.1. The summed E-state index contributed by atoms with van der Waals surface area (Å²) in [6, 6.07) is 13.7. The van der Waals surface area contributed by atoms with Gasteiger partial charge in [-0.1, -0.05) is 49.7 Å². The summed E-state index contributed by atoms with van der Waals surface area (Å²) in [5.74, 6) is 1.36. The molecule has 0 atom stereocenters. The summed E-state index contributed by atoms with van der Waals surface area (Å²) < 4.78 is 30.9. The number of hydrogen-bond acceptors (Lipinski definition) is 7. The van der Waals surface area contributed by atoms with Gasteiger partial charge in [0.25, 0.3) is 0 Å². The summed E-state index contributed by atoms with van der Waals surface area (Å²) >= 11 is 12.2. The number of sulfonamides is 1. The minimum atomic E-state index is -3.22. The van der Waals surface area contributed by atoms with Gasteiger partial charge in [0, 0.05) is 24.1 Å². The summed E-state index contributed by atoms with van der Waals surface area (Å²) in [6.45, 7) is 5.52. The first-order valence-corrected chi connectivity index (χ1v) is 14.4.